The highest BCUT2D eigenvalue weighted by molar-refractivity contribution is 7.13. The van der Waals surface area contributed by atoms with E-state index in [1.165, 1.54) is 0 Å². The Morgan fingerprint density at radius 1 is 1.00 bits per heavy atom. The van der Waals surface area contributed by atoms with E-state index in [4.69, 9.17) is 28.9 Å². The van der Waals surface area contributed by atoms with Crippen LogP contribution in [0.2, 0.25) is 10.0 Å². The molecule has 0 saturated carbocycles. The molecule has 0 fully saturated rings. The first-order valence-electron chi connectivity index (χ1n) is 9.14. The van der Waals surface area contributed by atoms with Gasteiger partial charge in [0.25, 0.3) is 0 Å². The molecular formula is C22H16Cl2N4S. The Hall–Kier alpha value is -2.44. The molecule has 2 N–H and O–H groups in total. The summed E-state index contributed by atoms with van der Waals surface area (Å²) in [5, 5.41) is 4.37. The maximum Gasteiger partial charge on any atom is 0.108 e. The summed E-state index contributed by atoms with van der Waals surface area (Å²) in [4.78, 5) is 10.2. The molecule has 144 valence electrons. The van der Waals surface area contributed by atoms with E-state index in [1.54, 1.807) is 23.9 Å². The molecule has 0 amide bonds. The molecule has 4 nitrogen and oxygen atoms in total. The van der Waals surface area contributed by atoms with Crippen LogP contribution in [-0.2, 0) is 6.42 Å². The van der Waals surface area contributed by atoms with Crippen molar-refractivity contribution < 1.29 is 0 Å². The Bertz CT molecular complexity index is 1340. The van der Waals surface area contributed by atoms with Gasteiger partial charge in [-0.25, -0.2) is 4.98 Å². The molecule has 0 aliphatic carbocycles. The van der Waals surface area contributed by atoms with Gasteiger partial charge in [-0.1, -0.05) is 35.3 Å². The van der Waals surface area contributed by atoms with Gasteiger partial charge in [-0.3, -0.25) is 9.55 Å². The minimum atomic E-state index is 0.590. The fraction of sp³-hybridized carbons (Fsp3) is 0.0909. The van der Waals surface area contributed by atoms with Crippen LogP contribution in [0.5, 0.6) is 0 Å². The van der Waals surface area contributed by atoms with E-state index in [1.807, 2.05) is 34.2 Å². The monoisotopic (exact) mass is 438 g/mol. The van der Waals surface area contributed by atoms with Gasteiger partial charge in [0, 0.05) is 15.8 Å². The Labute approximate surface area is 181 Å². The zero-order valence-electron chi connectivity index (χ0n) is 15.3. The fourth-order valence-corrected chi connectivity index (χ4v) is 4.95. The number of halogens is 2. The lowest BCUT2D eigenvalue weighted by molar-refractivity contribution is 0.966. The Morgan fingerprint density at radius 3 is 2.66 bits per heavy atom. The highest BCUT2D eigenvalue weighted by Crippen LogP contribution is 2.37. The van der Waals surface area contributed by atoms with Crippen molar-refractivity contribution >= 4 is 56.5 Å². The van der Waals surface area contributed by atoms with Crippen LogP contribution in [0.25, 0.3) is 38.1 Å². The molecule has 0 atom stereocenters. The molecule has 3 heterocycles. The van der Waals surface area contributed by atoms with Crippen LogP contribution in [0, 0.1) is 0 Å². The average Bonchev–Trinajstić information content (AvgIpc) is 3.38. The lowest BCUT2D eigenvalue weighted by Gasteiger charge is -2.11. The standard InChI is InChI=1S/C22H16Cl2N4S/c23-16-10-18-15(9-14(16)21-2-1-7-29-21)22-19(11-26-18)27-12-28(22)20-4-3-13(5-6-25)8-17(20)24/h1-4,7-12H,5-6,25H2. The number of fused-ring (bicyclic) bond motifs is 3. The lowest BCUT2D eigenvalue weighted by Crippen LogP contribution is -2.03. The number of nitrogens with zero attached hydrogens (tertiary/aromatic N) is 3. The van der Waals surface area contributed by atoms with Crippen molar-refractivity contribution in [3.05, 3.63) is 76.0 Å². The van der Waals surface area contributed by atoms with Gasteiger partial charge in [0.2, 0.25) is 0 Å². The topological polar surface area (TPSA) is 56.7 Å². The van der Waals surface area contributed by atoms with Gasteiger partial charge in [-0.2, -0.15) is 0 Å². The second-order valence-corrected chi connectivity index (χ2v) is 8.52. The van der Waals surface area contributed by atoms with Crippen LogP contribution < -0.4 is 5.73 Å². The Kier molecular flexibility index (Phi) is 4.76. The van der Waals surface area contributed by atoms with Crippen LogP contribution >= 0.6 is 34.5 Å². The molecule has 0 saturated heterocycles. The summed E-state index contributed by atoms with van der Waals surface area (Å²) in [6.45, 7) is 0.590. The SMILES string of the molecule is NCCc1ccc(-n2cnc3cnc4cc(Cl)c(-c5cccs5)cc4c32)c(Cl)c1. The van der Waals surface area contributed by atoms with Crippen LogP contribution in [0.15, 0.2) is 60.4 Å². The predicted octanol–water partition coefficient (Wildman–Crippen LogP) is 6.11. The largest absolute Gasteiger partial charge is 0.330 e. The Balaban J connectivity index is 1.77. The maximum absolute atomic E-state index is 6.62. The van der Waals surface area contributed by atoms with Gasteiger partial charge in [-0.15, -0.1) is 11.3 Å². The van der Waals surface area contributed by atoms with Crippen LogP contribution in [0.3, 0.4) is 0 Å². The third kappa shape index (κ3) is 3.20. The number of nitrogens with two attached hydrogens (primary N) is 1. The normalized spacial score (nSPS) is 11.6. The first-order valence-corrected chi connectivity index (χ1v) is 10.8. The van der Waals surface area contributed by atoms with Crippen LogP contribution in [0.4, 0.5) is 0 Å². The third-order valence-corrected chi connectivity index (χ3v) is 6.47. The first-order chi connectivity index (χ1) is 14.2. The van der Waals surface area contributed by atoms with E-state index in [0.717, 1.165) is 50.0 Å². The Morgan fingerprint density at radius 2 is 1.90 bits per heavy atom. The smallest absolute Gasteiger partial charge is 0.108 e. The third-order valence-electron chi connectivity index (χ3n) is 4.95. The number of rotatable bonds is 4. The summed E-state index contributed by atoms with van der Waals surface area (Å²) in [7, 11) is 0. The molecule has 5 rings (SSSR count). The van der Waals surface area contributed by atoms with Crippen molar-refractivity contribution in [2.75, 3.05) is 6.54 Å². The first kappa shape index (κ1) is 18.6. The van der Waals surface area contributed by atoms with Gasteiger partial charge in [-0.05, 0) is 54.2 Å². The van der Waals surface area contributed by atoms with E-state index >= 15 is 0 Å². The van der Waals surface area contributed by atoms with Crippen molar-refractivity contribution in [1.29, 1.82) is 0 Å². The predicted molar refractivity (Wildman–Crippen MR) is 122 cm³/mol. The summed E-state index contributed by atoms with van der Waals surface area (Å²) in [5.41, 5.74) is 11.2. The molecule has 0 aliphatic heterocycles. The highest BCUT2D eigenvalue weighted by atomic mass is 35.5. The van der Waals surface area contributed by atoms with Crippen LogP contribution in [0.1, 0.15) is 5.56 Å². The second kappa shape index (κ2) is 7.43. The van der Waals surface area contributed by atoms with Gasteiger partial charge in [0.15, 0.2) is 0 Å². The van der Waals surface area contributed by atoms with Crippen molar-refractivity contribution in [3.8, 4) is 16.1 Å². The molecule has 7 heteroatoms. The zero-order valence-corrected chi connectivity index (χ0v) is 17.6. The summed E-state index contributed by atoms with van der Waals surface area (Å²) < 4.78 is 2.01. The van der Waals surface area contributed by atoms with Crippen molar-refractivity contribution in [2.24, 2.45) is 5.73 Å². The fourth-order valence-electron chi connectivity index (χ4n) is 3.59. The van der Waals surface area contributed by atoms with Crippen LogP contribution in [-0.4, -0.2) is 21.1 Å². The molecular weight excluding hydrogens is 423 g/mol. The molecule has 0 unspecified atom stereocenters. The van der Waals surface area contributed by atoms with E-state index < -0.39 is 0 Å². The summed E-state index contributed by atoms with van der Waals surface area (Å²) in [6.07, 6.45) is 4.35. The molecule has 3 aromatic heterocycles. The highest BCUT2D eigenvalue weighted by Gasteiger charge is 2.15. The van der Waals surface area contributed by atoms with Crippen molar-refractivity contribution in [1.82, 2.24) is 14.5 Å². The van der Waals surface area contributed by atoms with Gasteiger partial charge < -0.3 is 5.73 Å². The number of imidazole rings is 1. The number of hydrogen-bond donors (Lipinski definition) is 1. The van der Waals surface area contributed by atoms with Gasteiger partial charge >= 0.3 is 0 Å². The minimum absolute atomic E-state index is 0.590. The molecule has 0 bridgehead atoms. The summed E-state index contributed by atoms with van der Waals surface area (Å²) in [5.74, 6) is 0. The van der Waals surface area contributed by atoms with Gasteiger partial charge in [0.1, 0.15) is 11.8 Å². The molecule has 0 radical (unpaired) electrons. The molecule has 5 aromatic rings. The number of benzene rings is 2. The minimum Gasteiger partial charge on any atom is -0.330 e. The second-order valence-electron chi connectivity index (χ2n) is 6.76. The lowest BCUT2D eigenvalue weighted by atomic mass is 10.1. The molecule has 0 spiro atoms. The van der Waals surface area contributed by atoms with E-state index in [-0.39, 0.29) is 0 Å². The van der Waals surface area contributed by atoms with E-state index in [0.29, 0.717) is 16.6 Å². The maximum atomic E-state index is 6.62. The number of aromatic nitrogens is 3. The number of pyridine rings is 1. The zero-order chi connectivity index (χ0) is 20.0. The number of thiophene rings is 1. The van der Waals surface area contributed by atoms with Crippen molar-refractivity contribution in [3.63, 3.8) is 0 Å². The molecule has 2 aromatic carbocycles. The number of hydrogen-bond acceptors (Lipinski definition) is 4. The van der Waals surface area contributed by atoms with E-state index in [2.05, 4.69) is 28.2 Å². The molecule has 29 heavy (non-hydrogen) atoms. The molecule has 0 aliphatic rings. The van der Waals surface area contributed by atoms with Crippen molar-refractivity contribution in [2.45, 2.75) is 6.42 Å². The summed E-state index contributed by atoms with van der Waals surface area (Å²) in [6, 6.07) is 14.1. The average molecular weight is 439 g/mol. The van der Waals surface area contributed by atoms with Gasteiger partial charge in [0.05, 0.1) is 33.0 Å². The quantitative estimate of drug-likeness (QED) is 0.368. The summed E-state index contributed by atoms with van der Waals surface area (Å²) >= 11 is 14.8. The van der Waals surface area contributed by atoms with E-state index in [9.17, 15) is 0 Å².